The maximum absolute atomic E-state index is 10.3. The van der Waals surface area contributed by atoms with Crippen molar-refractivity contribution in [2.45, 2.75) is 16.6 Å². The summed E-state index contributed by atoms with van der Waals surface area (Å²) >= 11 is 1.79. The van der Waals surface area contributed by atoms with E-state index in [4.69, 9.17) is 9.73 Å². The molecule has 3 aromatic carbocycles. The van der Waals surface area contributed by atoms with Gasteiger partial charge in [0.1, 0.15) is 11.5 Å². The number of rotatable bonds is 3. The molecule has 1 N–H and O–H groups in total. The molecule has 4 rings (SSSR count). The van der Waals surface area contributed by atoms with E-state index in [9.17, 15) is 5.11 Å². The van der Waals surface area contributed by atoms with Crippen LogP contribution < -0.4 is 4.74 Å². The van der Waals surface area contributed by atoms with Crippen molar-refractivity contribution < 1.29 is 9.84 Å². The van der Waals surface area contributed by atoms with Crippen LogP contribution in [0.4, 0.5) is 5.69 Å². The third-order valence-electron chi connectivity index (χ3n) is 4.47. The Kier molecular flexibility index (Phi) is 4.67. The summed E-state index contributed by atoms with van der Waals surface area (Å²) in [5, 5.41) is 10.5. The molecule has 0 aromatic heterocycles. The minimum absolute atomic E-state index is 0.146. The number of phenolic OH excluding ortho intramolecular Hbond substituents is 1. The third kappa shape index (κ3) is 3.20. The molecule has 0 fully saturated rings. The Bertz CT molecular complexity index is 968. The average molecular weight is 361 g/mol. The number of fused-ring (bicyclic) bond motifs is 1. The standard InChI is InChI=1S/C22H19NO2S/c1-25-20-12-6-3-9-16(20)22-14-18(15-8-2-5-11-19(15)24)23-17-10-4-7-13-21(17)26-22/h2-13,22,24H,14H2,1H3/t22-/m1/s1. The highest BCUT2D eigenvalue weighted by molar-refractivity contribution is 7.99. The summed E-state index contributed by atoms with van der Waals surface area (Å²) in [5.74, 6) is 1.13. The van der Waals surface area contributed by atoms with Crippen LogP contribution in [0.15, 0.2) is 82.7 Å². The highest BCUT2D eigenvalue weighted by Gasteiger charge is 2.25. The molecule has 1 aliphatic rings. The molecule has 0 saturated carbocycles. The Morgan fingerprint density at radius 3 is 2.54 bits per heavy atom. The molecule has 1 heterocycles. The van der Waals surface area contributed by atoms with Gasteiger partial charge in [0.15, 0.2) is 0 Å². The molecule has 0 saturated heterocycles. The van der Waals surface area contributed by atoms with Gasteiger partial charge in [-0.25, -0.2) is 0 Å². The number of phenols is 1. The van der Waals surface area contributed by atoms with Crippen LogP contribution >= 0.6 is 11.8 Å². The molecule has 0 bridgehead atoms. The molecule has 0 unspecified atom stereocenters. The summed E-state index contributed by atoms with van der Waals surface area (Å²) in [7, 11) is 1.70. The number of methoxy groups -OCH3 is 1. The lowest BCUT2D eigenvalue weighted by Crippen LogP contribution is -2.06. The maximum Gasteiger partial charge on any atom is 0.124 e. The van der Waals surface area contributed by atoms with E-state index in [2.05, 4.69) is 12.1 Å². The van der Waals surface area contributed by atoms with Gasteiger partial charge >= 0.3 is 0 Å². The summed E-state index contributed by atoms with van der Waals surface area (Å²) in [6, 6.07) is 23.6. The second-order valence-corrected chi connectivity index (χ2v) is 7.34. The van der Waals surface area contributed by atoms with E-state index in [0.717, 1.165) is 33.2 Å². The Morgan fingerprint density at radius 2 is 1.69 bits per heavy atom. The average Bonchev–Trinajstić information content (AvgIpc) is 2.88. The molecule has 1 atom stereocenters. The van der Waals surface area contributed by atoms with Crippen LogP contribution in [0.2, 0.25) is 0 Å². The predicted molar refractivity (Wildman–Crippen MR) is 107 cm³/mol. The summed E-state index contributed by atoms with van der Waals surface area (Å²) in [6.07, 6.45) is 0.706. The van der Waals surface area contributed by atoms with Gasteiger partial charge in [-0.3, -0.25) is 4.99 Å². The molecule has 1 aliphatic heterocycles. The van der Waals surface area contributed by atoms with Gasteiger partial charge in [0.05, 0.1) is 18.5 Å². The van der Waals surface area contributed by atoms with E-state index in [-0.39, 0.29) is 11.0 Å². The van der Waals surface area contributed by atoms with Gasteiger partial charge in [0, 0.05) is 27.7 Å². The zero-order valence-corrected chi connectivity index (χ0v) is 15.2. The van der Waals surface area contributed by atoms with Crippen LogP contribution in [0.25, 0.3) is 0 Å². The second-order valence-electron chi connectivity index (χ2n) is 6.10. The summed E-state index contributed by atoms with van der Waals surface area (Å²) in [6.45, 7) is 0. The Balaban J connectivity index is 1.85. The zero-order chi connectivity index (χ0) is 17.9. The number of ether oxygens (including phenoxy) is 1. The number of para-hydroxylation sites is 3. The summed E-state index contributed by atoms with van der Waals surface area (Å²) < 4.78 is 5.59. The van der Waals surface area contributed by atoms with Gasteiger partial charge in [0.25, 0.3) is 0 Å². The predicted octanol–water partition coefficient (Wildman–Crippen LogP) is 5.76. The quantitative estimate of drug-likeness (QED) is 0.645. The minimum atomic E-state index is 0.146. The monoisotopic (exact) mass is 361 g/mol. The first-order valence-corrected chi connectivity index (χ1v) is 9.39. The van der Waals surface area contributed by atoms with E-state index >= 15 is 0 Å². The fourth-order valence-electron chi connectivity index (χ4n) is 3.20. The van der Waals surface area contributed by atoms with Crippen LogP contribution in [0.5, 0.6) is 11.5 Å². The maximum atomic E-state index is 10.3. The Labute approximate surface area is 157 Å². The first-order chi connectivity index (χ1) is 12.8. The molecule has 0 spiro atoms. The van der Waals surface area contributed by atoms with E-state index in [0.29, 0.717) is 6.42 Å². The third-order valence-corrected chi connectivity index (χ3v) is 5.77. The molecule has 26 heavy (non-hydrogen) atoms. The number of hydrogen-bond acceptors (Lipinski definition) is 4. The van der Waals surface area contributed by atoms with Gasteiger partial charge in [-0.15, -0.1) is 11.8 Å². The summed E-state index contributed by atoms with van der Waals surface area (Å²) in [4.78, 5) is 6.03. The Hall–Kier alpha value is -2.72. The van der Waals surface area contributed by atoms with Crippen LogP contribution in [0, 0.1) is 0 Å². The van der Waals surface area contributed by atoms with Crippen molar-refractivity contribution in [1.29, 1.82) is 0 Å². The lowest BCUT2D eigenvalue weighted by Gasteiger charge is -2.19. The van der Waals surface area contributed by atoms with Crippen molar-refractivity contribution in [3.05, 3.63) is 83.9 Å². The van der Waals surface area contributed by atoms with Crippen molar-refractivity contribution in [1.82, 2.24) is 0 Å². The van der Waals surface area contributed by atoms with Crippen molar-refractivity contribution in [3.8, 4) is 11.5 Å². The number of benzene rings is 3. The number of nitrogens with zero attached hydrogens (tertiary/aromatic N) is 1. The second kappa shape index (κ2) is 7.26. The topological polar surface area (TPSA) is 41.8 Å². The largest absolute Gasteiger partial charge is 0.507 e. The number of hydrogen-bond donors (Lipinski definition) is 1. The van der Waals surface area contributed by atoms with Gasteiger partial charge in [-0.2, -0.15) is 0 Å². The van der Waals surface area contributed by atoms with Crippen molar-refractivity contribution in [3.63, 3.8) is 0 Å². The van der Waals surface area contributed by atoms with E-state index in [1.54, 1.807) is 24.9 Å². The molecule has 4 heteroatoms. The smallest absolute Gasteiger partial charge is 0.124 e. The highest BCUT2D eigenvalue weighted by atomic mass is 32.2. The SMILES string of the molecule is COc1ccccc1[C@H]1CC(c2ccccc2O)=Nc2ccccc2S1. The molecule has 3 aromatic rings. The van der Waals surface area contributed by atoms with Crippen LogP contribution in [-0.4, -0.2) is 17.9 Å². The van der Waals surface area contributed by atoms with Gasteiger partial charge in [0.2, 0.25) is 0 Å². The van der Waals surface area contributed by atoms with Crippen LogP contribution in [0.1, 0.15) is 22.8 Å². The number of aromatic hydroxyl groups is 1. The van der Waals surface area contributed by atoms with Crippen molar-refractivity contribution in [2.24, 2.45) is 4.99 Å². The van der Waals surface area contributed by atoms with E-state index < -0.39 is 0 Å². The number of aliphatic imine (C=N–C) groups is 1. The lowest BCUT2D eigenvalue weighted by atomic mass is 10.00. The molecular weight excluding hydrogens is 342 g/mol. The molecule has 0 radical (unpaired) electrons. The molecule has 0 aliphatic carbocycles. The first kappa shape index (κ1) is 16.7. The number of thioether (sulfide) groups is 1. The molecule has 3 nitrogen and oxygen atoms in total. The Morgan fingerprint density at radius 1 is 0.962 bits per heavy atom. The molecule has 130 valence electrons. The lowest BCUT2D eigenvalue weighted by molar-refractivity contribution is 0.409. The van der Waals surface area contributed by atoms with Crippen LogP contribution in [-0.2, 0) is 0 Å². The highest BCUT2D eigenvalue weighted by Crippen LogP contribution is 2.48. The van der Waals surface area contributed by atoms with E-state index in [1.165, 1.54) is 0 Å². The fraction of sp³-hybridized carbons (Fsp3) is 0.136. The van der Waals surface area contributed by atoms with Gasteiger partial charge < -0.3 is 9.84 Å². The molecule has 0 amide bonds. The van der Waals surface area contributed by atoms with Crippen molar-refractivity contribution >= 4 is 23.2 Å². The van der Waals surface area contributed by atoms with Crippen molar-refractivity contribution in [2.75, 3.05) is 7.11 Å². The van der Waals surface area contributed by atoms with Gasteiger partial charge in [-0.05, 0) is 30.3 Å². The first-order valence-electron chi connectivity index (χ1n) is 8.51. The summed E-state index contributed by atoms with van der Waals surface area (Å²) in [5.41, 5.74) is 3.74. The van der Waals surface area contributed by atoms with Crippen LogP contribution in [0.3, 0.4) is 0 Å². The van der Waals surface area contributed by atoms with Gasteiger partial charge in [-0.1, -0.05) is 42.5 Å². The normalized spacial score (nSPS) is 16.3. The van der Waals surface area contributed by atoms with E-state index in [1.807, 2.05) is 54.6 Å². The molecular formula is C22H19NO2S. The zero-order valence-electron chi connectivity index (χ0n) is 14.4. The minimum Gasteiger partial charge on any atom is -0.507 e. The fourth-order valence-corrected chi connectivity index (χ4v) is 4.47.